The van der Waals surface area contributed by atoms with Crippen LogP contribution in [0.5, 0.6) is 0 Å². The first-order valence-electron chi connectivity index (χ1n) is 7.76. The molecule has 6 heteroatoms. The predicted molar refractivity (Wildman–Crippen MR) is 97.1 cm³/mol. The van der Waals surface area contributed by atoms with E-state index in [1.54, 1.807) is 25.1 Å². The van der Waals surface area contributed by atoms with E-state index in [1.165, 1.54) is 11.3 Å². The molecule has 0 saturated heterocycles. The Morgan fingerprint density at radius 2 is 2.08 bits per heavy atom. The molecule has 4 aromatic rings. The first-order valence-corrected chi connectivity index (χ1v) is 8.64. The number of carbonyl (C=O) groups excluding carboxylic acids is 1. The number of carbonyl (C=O) groups is 1. The highest BCUT2D eigenvalue weighted by molar-refractivity contribution is 7.13. The molecule has 0 unspecified atom stereocenters. The minimum absolute atomic E-state index is 0.175. The van der Waals surface area contributed by atoms with E-state index in [0.717, 1.165) is 4.88 Å². The average molecular weight is 351 g/mol. The third kappa shape index (κ3) is 2.60. The average Bonchev–Trinajstić information content (AvgIpc) is 3.15. The molecule has 3 heterocycles. The van der Waals surface area contributed by atoms with Crippen molar-refractivity contribution in [2.24, 2.45) is 0 Å². The number of aromatic nitrogens is 1. The lowest BCUT2D eigenvalue weighted by Crippen LogP contribution is -2.10. The van der Waals surface area contributed by atoms with Crippen LogP contribution in [0.25, 0.3) is 32.3 Å². The van der Waals surface area contributed by atoms with Gasteiger partial charge in [0.15, 0.2) is 0 Å². The number of esters is 1. The van der Waals surface area contributed by atoms with E-state index in [9.17, 15) is 9.59 Å². The quantitative estimate of drug-likeness (QED) is 0.314. The van der Waals surface area contributed by atoms with Crippen molar-refractivity contribution in [1.29, 1.82) is 0 Å². The summed E-state index contributed by atoms with van der Waals surface area (Å²) in [6.45, 7) is 1.99. The number of para-hydroxylation sites is 1. The summed E-state index contributed by atoms with van der Waals surface area (Å²) in [7, 11) is 0. The number of nitrogens with zero attached hydrogens (tertiary/aromatic N) is 1. The van der Waals surface area contributed by atoms with E-state index in [1.807, 2.05) is 29.6 Å². The van der Waals surface area contributed by atoms with Crippen LogP contribution in [0.4, 0.5) is 0 Å². The number of benzene rings is 1. The molecule has 0 radical (unpaired) electrons. The number of hydrogen-bond donors (Lipinski definition) is 0. The number of thiophene rings is 1. The number of fused-ring (bicyclic) bond motifs is 3. The van der Waals surface area contributed by atoms with Crippen LogP contribution in [0.3, 0.4) is 0 Å². The Hall–Kier alpha value is -2.99. The molecule has 0 aliphatic heterocycles. The number of rotatable bonds is 3. The molecule has 3 aromatic heterocycles. The zero-order chi connectivity index (χ0) is 17.4. The number of hydrogen-bond acceptors (Lipinski definition) is 6. The van der Waals surface area contributed by atoms with Crippen molar-refractivity contribution in [1.82, 2.24) is 4.98 Å². The van der Waals surface area contributed by atoms with Crippen LogP contribution < -0.4 is 5.63 Å². The zero-order valence-corrected chi connectivity index (χ0v) is 14.1. The fourth-order valence-electron chi connectivity index (χ4n) is 2.78. The van der Waals surface area contributed by atoms with Gasteiger partial charge in [-0.25, -0.2) is 14.6 Å². The first kappa shape index (κ1) is 15.5. The molecule has 0 bridgehead atoms. The van der Waals surface area contributed by atoms with Crippen molar-refractivity contribution in [2.75, 3.05) is 6.61 Å². The highest BCUT2D eigenvalue weighted by atomic mass is 32.1. The van der Waals surface area contributed by atoms with Gasteiger partial charge in [-0.1, -0.05) is 18.2 Å². The molecule has 124 valence electrons. The summed E-state index contributed by atoms with van der Waals surface area (Å²) in [5.74, 6) is -0.514. The minimum Gasteiger partial charge on any atom is -0.461 e. The van der Waals surface area contributed by atoms with Gasteiger partial charge < -0.3 is 9.15 Å². The molecule has 25 heavy (non-hydrogen) atoms. The van der Waals surface area contributed by atoms with Crippen LogP contribution in [-0.2, 0) is 4.74 Å². The largest absolute Gasteiger partial charge is 0.461 e. The molecule has 0 spiro atoms. The Kier molecular flexibility index (Phi) is 3.82. The van der Waals surface area contributed by atoms with Gasteiger partial charge in [0, 0.05) is 15.8 Å². The second kappa shape index (κ2) is 6.14. The maximum absolute atomic E-state index is 12.6. The van der Waals surface area contributed by atoms with Gasteiger partial charge in [-0.15, -0.1) is 11.3 Å². The molecular weight excluding hydrogens is 338 g/mol. The summed E-state index contributed by atoms with van der Waals surface area (Å²) >= 11 is 1.48. The first-order chi connectivity index (χ1) is 12.2. The van der Waals surface area contributed by atoms with Gasteiger partial charge in [0.1, 0.15) is 11.3 Å². The monoisotopic (exact) mass is 351 g/mol. The minimum atomic E-state index is -0.514. The van der Waals surface area contributed by atoms with Crippen LogP contribution in [-0.4, -0.2) is 17.6 Å². The van der Waals surface area contributed by atoms with Crippen molar-refractivity contribution in [2.45, 2.75) is 6.92 Å². The van der Waals surface area contributed by atoms with Gasteiger partial charge in [0.2, 0.25) is 0 Å². The van der Waals surface area contributed by atoms with Crippen molar-refractivity contribution in [3.63, 3.8) is 0 Å². The summed E-state index contributed by atoms with van der Waals surface area (Å²) in [6.07, 6.45) is 0. The molecule has 5 nitrogen and oxygen atoms in total. The maximum Gasteiger partial charge on any atom is 0.356 e. The van der Waals surface area contributed by atoms with Crippen LogP contribution in [0.2, 0.25) is 0 Å². The second-order valence-corrected chi connectivity index (χ2v) is 6.31. The lowest BCUT2D eigenvalue weighted by molar-refractivity contribution is 0.0520. The normalized spacial score (nSPS) is 11.1. The van der Waals surface area contributed by atoms with E-state index in [-0.39, 0.29) is 12.3 Å². The Bertz CT molecular complexity index is 1150. The maximum atomic E-state index is 12.6. The third-order valence-corrected chi connectivity index (χ3v) is 4.74. The number of pyridine rings is 1. The molecule has 0 aliphatic rings. The van der Waals surface area contributed by atoms with Gasteiger partial charge in [0.05, 0.1) is 17.5 Å². The van der Waals surface area contributed by atoms with E-state index in [2.05, 4.69) is 4.98 Å². The Morgan fingerprint density at radius 1 is 1.24 bits per heavy atom. The van der Waals surface area contributed by atoms with Crippen molar-refractivity contribution < 1.29 is 13.9 Å². The lowest BCUT2D eigenvalue weighted by Gasteiger charge is -2.09. The highest BCUT2D eigenvalue weighted by Gasteiger charge is 2.19. The fourth-order valence-corrected chi connectivity index (χ4v) is 3.53. The molecule has 4 rings (SSSR count). The second-order valence-electron chi connectivity index (χ2n) is 5.36. The van der Waals surface area contributed by atoms with Crippen LogP contribution in [0, 0.1) is 0 Å². The van der Waals surface area contributed by atoms with Crippen molar-refractivity contribution in [3.8, 4) is 10.4 Å². The molecule has 0 atom stereocenters. The van der Waals surface area contributed by atoms with E-state index in [0.29, 0.717) is 27.4 Å². The Labute approximate surface area is 146 Å². The van der Waals surface area contributed by atoms with Crippen LogP contribution >= 0.6 is 11.3 Å². The Balaban J connectivity index is 2.16. The summed E-state index contributed by atoms with van der Waals surface area (Å²) in [6, 6.07) is 12.5. The molecule has 0 aliphatic carbocycles. The van der Waals surface area contributed by atoms with Crippen LogP contribution in [0.1, 0.15) is 17.4 Å². The van der Waals surface area contributed by atoms with Gasteiger partial charge in [-0.3, -0.25) is 0 Å². The molecule has 0 amide bonds. The highest BCUT2D eigenvalue weighted by Crippen LogP contribution is 2.33. The smallest absolute Gasteiger partial charge is 0.356 e. The van der Waals surface area contributed by atoms with E-state index >= 15 is 0 Å². The standard InChI is InChI=1S/C19H13NO4S/c1-2-23-18(21)13-10-12(15-8-5-9-25-15)16-17(20-13)11-6-3-4-7-14(11)24-19(16)22/h3-10H,2H2,1H3. The van der Waals surface area contributed by atoms with Gasteiger partial charge in [0.25, 0.3) is 0 Å². The van der Waals surface area contributed by atoms with E-state index in [4.69, 9.17) is 9.15 Å². The fraction of sp³-hybridized carbons (Fsp3) is 0.105. The summed E-state index contributed by atoms with van der Waals surface area (Å²) in [5, 5.41) is 2.96. The molecule has 0 fully saturated rings. The number of ether oxygens (including phenoxy) is 1. The molecule has 1 aromatic carbocycles. The van der Waals surface area contributed by atoms with Gasteiger partial charge in [-0.2, -0.15) is 0 Å². The summed E-state index contributed by atoms with van der Waals surface area (Å²) in [5.41, 5.74) is 1.21. The van der Waals surface area contributed by atoms with Crippen molar-refractivity contribution >= 4 is 39.2 Å². The SMILES string of the molecule is CCOC(=O)c1cc(-c2cccs2)c2c(=O)oc3ccccc3c2n1. The molecule has 0 saturated carbocycles. The molecular formula is C19H13NO4S. The van der Waals surface area contributed by atoms with E-state index < -0.39 is 11.6 Å². The summed E-state index contributed by atoms with van der Waals surface area (Å²) < 4.78 is 10.5. The van der Waals surface area contributed by atoms with Crippen molar-refractivity contribution in [3.05, 3.63) is 64.0 Å². The van der Waals surface area contributed by atoms with Gasteiger partial charge in [-0.05, 0) is 36.6 Å². The predicted octanol–water partition coefficient (Wildman–Crippen LogP) is 4.25. The van der Waals surface area contributed by atoms with Gasteiger partial charge >= 0.3 is 11.6 Å². The molecule has 0 N–H and O–H groups in total. The summed E-state index contributed by atoms with van der Waals surface area (Å²) in [4.78, 5) is 30.1. The third-order valence-electron chi connectivity index (χ3n) is 3.84. The van der Waals surface area contributed by atoms with Crippen LogP contribution in [0.15, 0.2) is 57.1 Å². The zero-order valence-electron chi connectivity index (χ0n) is 13.3. The Morgan fingerprint density at radius 3 is 2.84 bits per heavy atom. The topological polar surface area (TPSA) is 69.4 Å². The lowest BCUT2D eigenvalue weighted by atomic mass is 10.1.